The summed E-state index contributed by atoms with van der Waals surface area (Å²) >= 11 is 0. The van der Waals surface area contributed by atoms with E-state index in [0.29, 0.717) is 17.3 Å². The zero-order valence-corrected chi connectivity index (χ0v) is 14.0. The number of nitrogens with one attached hydrogen (secondary N) is 1. The molecule has 132 valence electrons. The normalized spacial score (nSPS) is 12.5. The molecule has 0 saturated carbocycles. The Bertz CT molecular complexity index is 1100. The predicted molar refractivity (Wildman–Crippen MR) is 91.9 cm³/mol. The van der Waals surface area contributed by atoms with Crippen LogP contribution < -0.4 is 5.32 Å². The topological polar surface area (TPSA) is 124 Å². The van der Waals surface area contributed by atoms with Crippen molar-refractivity contribution in [1.29, 1.82) is 0 Å². The number of nitrogens with zero attached hydrogens (tertiary/aromatic N) is 4. The van der Waals surface area contributed by atoms with Gasteiger partial charge in [-0.3, -0.25) is 15.1 Å². The molecule has 4 rings (SSSR count). The number of amides is 1. The van der Waals surface area contributed by atoms with Crippen LogP contribution in [0.1, 0.15) is 36.9 Å². The maximum Gasteiger partial charge on any atom is 0.346 e. The monoisotopic (exact) mass is 361 g/mol. The van der Waals surface area contributed by atoms with Crippen LogP contribution in [0.4, 0.5) is 5.95 Å². The first-order valence-electron chi connectivity index (χ1n) is 7.87. The lowest BCUT2D eigenvalue weighted by atomic mass is 10.1. The molecule has 1 aromatic carbocycles. The van der Waals surface area contributed by atoms with Crippen molar-refractivity contribution < 1.29 is 19.1 Å². The zero-order chi connectivity index (χ0) is 19.0. The van der Waals surface area contributed by atoms with E-state index in [1.165, 1.54) is 18.2 Å². The van der Waals surface area contributed by atoms with Crippen LogP contribution in [-0.4, -0.2) is 37.8 Å². The molecule has 0 spiro atoms. The van der Waals surface area contributed by atoms with E-state index in [9.17, 15) is 14.4 Å². The molecule has 0 aliphatic carbocycles. The molecule has 0 unspecified atom stereocenters. The van der Waals surface area contributed by atoms with Crippen LogP contribution in [0.3, 0.4) is 0 Å². The minimum absolute atomic E-state index is 0.0484. The van der Waals surface area contributed by atoms with Gasteiger partial charge in [-0.1, -0.05) is 6.07 Å². The Hall–Kier alpha value is -4.01. The fourth-order valence-electron chi connectivity index (χ4n) is 2.55. The van der Waals surface area contributed by atoms with E-state index < -0.39 is 17.8 Å². The Balaban J connectivity index is 1.62. The van der Waals surface area contributed by atoms with E-state index in [-0.39, 0.29) is 22.6 Å². The molecular formula is C18H11N5O4. The number of ether oxygens (including phenoxy) is 1. The summed E-state index contributed by atoms with van der Waals surface area (Å²) in [6, 6.07) is 9.39. The molecule has 2 aromatic heterocycles. The first-order chi connectivity index (χ1) is 13.0. The van der Waals surface area contributed by atoms with Gasteiger partial charge < -0.3 is 4.74 Å². The minimum Gasteiger partial charge on any atom is -0.386 e. The summed E-state index contributed by atoms with van der Waals surface area (Å²) < 4.78 is 4.52. The second-order valence-corrected chi connectivity index (χ2v) is 5.64. The van der Waals surface area contributed by atoms with Crippen LogP contribution in [-0.2, 0) is 4.74 Å². The molecule has 0 bridgehead atoms. The van der Waals surface area contributed by atoms with E-state index in [1.807, 2.05) is 0 Å². The standard InChI is InChI=1S/C18H11N5O4/c1-9-20-14(13-4-2-3-7-19-13)22-18(21-9)23-15(24)10-5-6-11-12(8-10)17(26)27-16(11)25/h2-8H,1H3,(H,20,21,22,23,24). The number of esters is 2. The van der Waals surface area contributed by atoms with Crippen molar-refractivity contribution in [2.24, 2.45) is 0 Å². The SMILES string of the molecule is Cc1nc(NC(=O)c2ccc3c(c2)C(=O)OC3=O)nc(-c2ccccn2)n1. The fourth-order valence-corrected chi connectivity index (χ4v) is 2.55. The van der Waals surface area contributed by atoms with Crippen molar-refractivity contribution in [3.05, 3.63) is 65.1 Å². The molecule has 1 amide bonds. The van der Waals surface area contributed by atoms with Crippen molar-refractivity contribution in [2.45, 2.75) is 6.92 Å². The number of aryl methyl sites for hydroxylation is 1. The van der Waals surface area contributed by atoms with Crippen LogP contribution in [0, 0.1) is 6.92 Å². The quantitative estimate of drug-likeness (QED) is 0.553. The number of rotatable bonds is 3. The second kappa shape index (κ2) is 6.37. The highest BCUT2D eigenvalue weighted by Gasteiger charge is 2.30. The number of pyridine rings is 1. The molecule has 9 nitrogen and oxygen atoms in total. The first-order valence-corrected chi connectivity index (χ1v) is 7.87. The van der Waals surface area contributed by atoms with Gasteiger partial charge in [-0.15, -0.1) is 0 Å². The van der Waals surface area contributed by atoms with Gasteiger partial charge in [-0.2, -0.15) is 9.97 Å². The lowest BCUT2D eigenvalue weighted by Gasteiger charge is -2.07. The maximum absolute atomic E-state index is 12.5. The molecule has 0 fully saturated rings. The number of anilines is 1. The van der Waals surface area contributed by atoms with Crippen LogP contribution >= 0.6 is 0 Å². The summed E-state index contributed by atoms with van der Waals surface area (Å²) in [5.74, 6) is -1.27. The number of aromatic nitrogens is 4. The van der Waals surface area contributed by atoms with E-state index in [0.717, 1.165) is 0 Å². The second-order valence-electron chi connectivity index (χ2n) is 5.64. The van der Waals surface area contributed by atoms with Gasteiger partial charge in [-0.05, 0) is 37.3 Å². The Kier molecular flexibility index (Phi) is 3.88. The Labute approximate surface area is 152 Å². The zero-order valence-electron chi connectivity index (χ0n) is 14.0. The molecule has 9 heteroatoms. The fraction of sp³-hybridized carbons (Fsp3) is 0.0556. The van der Waals surface area contributed by atoms with Gasteiger partial charge in [0, 0.05) is 11.8 Å². The largest absolute Gasteiger partial charge is 0.386 e. The van der Waals surface area contributed by atoms with Crippen molar-refractivity contribution in [3.63, 3.8) is 0 Å². The first kappa shape index (κ1) is 16.5. The lowest BCUT2D eigenvalue weighted by molar-refractivity contribution is 0.0443. The molecule has 27 heavy (non-hydrogen) atoms. The summed E-state index contributed by atoms with van der Waals surface area (Å²) in [6.45, 7) is 1.67. The van der Waals surface area contributed by atoms with Gasteiger partial charge in [0.15, 0.2) is 5.82 Å². The third-order valence-corrected chi connectivity index (χ3v) is 3.77. The molecule has 1 N–H and O–H groups in total. The molecular weight excluding hydrogens is 350 g/mol. The molecule has 0 radical (unpaired) electrons. The van der Waals surface area contributed by atoms with E-state index in [2.05, 4.69) is 30.0 Å². The van der Waals surface area contributed by atoms with Gasteiger partial charge in [-0.25, -0.2) is 14.6 Å². The number of carbonyl (C=O) groups excluding carboxylic acids is 3. The van der Waals surface area contributed by atoms with Gasteiger partial charge in [0.2, 0.25) is 5.95 Å². The number of fused-ring (bicyclic) bond motifs is 1. The highest BCUT2D eigenvalue weighted by atomic mass is 16.6. The molecule has 1 aliphatic heterocycles. The van der Waals surface area contributed by atoms with Gasteiger partial charge in [0.1, 0.15) is 11.5 Å². The van der Waals surface area contributed by atoms with Crippen molar-refractivity contribution >= 4 is 23.8 Å². The predicted octanol–water partition coefficient (Wildman–Crippen LogP) is 1.80. The highest BCUT2D eigenvalue weighted by molar-refractivity contribution is 6.16. The van der Waals surface area contributed by atoms with Gasteiger partial charge in [0.25, 0.3) is 5.91 Å². The van der Waals surface area contributed by atoms with Crippen molar-refractivity contribution in [2.75, 3.05) is 5.32 Å². The average molecular weight is 361 g/mol. The number of benzene rings is 1. The smallest absolute Gasteiger partial charge is 0.346 e. The Morgan fingerprint density at radius 3 is 2.59 bits per heavy atom. The molecule has 3 heterocycles. The van der Waals surface area contributed by atoms with E-state index in [1.54, 1.807) is 31.3 Å². The third-order valence-electron chi connectivity index (χ3n) is 3.77. The number of cyclic esters (lactones) is 2. The number of hydrogen-bond donors (Lipinski definition) is 1. The third kappa shape index (κ3) is 3.13. The summed E-state index contributed by atoms with van der Waals surface area (Å²) in [5.41, 5.74) is 0.883. The molecule has 0 atom stereocenters. The minimum atomic E-state index is -0.780. The van der Waals surface area contributed by atoms with E-state index in [4.69, 9.17) is 0 Å². The van der Waals surface area contributed by atoms with Crippen LogP contribution in [0.5, 0.6) is 0 Å². The van der Waals surface area contributed by atoms with Crippen LogP contribution in [0.25, 0.3) is 11.5 Å². The van der Waals surface area contributed by atoms with Crippen molar-refractivity contribution in [1.82, 2.24) is 19.9 Å². The summed E-state index contributed by atoms with van der Waals surface area (Å²) in [5, 5.41) is 2.56. The lowest BCUT2D eigenvalue weighted by Crippen LogP contribution is -2.16. The summed E-state index contributed by atoms with van der Waals surface area (Å²) in [7, 11) is 0. The molecule has 0 saturated heterocycles. The highest BCUT2D eigenvalue weighted by Crippen LogP contribution is 2.21. The molecule has 3 aromatic rings. The number of carbonyl (C=O) groups is 3. The maximum atomic E-state index is 12.5. The van der Waals surface area contributed by atoms with E-state index >= 15 is 0 Å². The van der Waals surface area contributed by atoms with Gasteiger partial charge >= 0.3 is 11.9 Å². The van der Waals surface area contributed by atoms with Crippen LogP contribution in [0.15, 0.2) is 42.6 Å². The van der Waals surface area contributed by atoms with Crippen molar-refractivity contribution in [3.8, 4) is 11.5 Å². The number of hydrogen-bond acceptors (Lipinski definition) is 8. The van der Waals surface area contributed by atoms with Crippen LogP contribution in [0.2, 0.25) is 0 Å². The Morgan fingerprint density at radius 2 is 1.81 bits per heavy atom. The average Bonchev–Trinajstić information content (AvgIpc) is 2.95. The Morgan fingerprint density at radius 1 is 1.00 bits per heavy atom. The summed E-state index contributed by atoms with van der Waals surface area (Å²) in [6.07, 6.45) is 1.61. The summed E-state index contributed by atoms with van der Waals surface area (Å²) in [4.78, 5) is 52.3. The van der Waals surface area contributed by atoms with Gasteiger partial charge in [0.05, 0.1) is 11.1 Å². The molecule has 1 aliphatic rings.